The molecule has 18 heavy (non-hydrogen) atoms. The van der Waals surface area contributed by atoms with Gasteiger partial charge in [0.05, 0.1) is 5.56 Å². The summed E-state index contributed by atoms with van der Waals surface area (Å²) in [5.74, 6) is 0.992. The lowest BCUT2D eigenvalue weighted by Crippen LogP contribution is -2.49. The molecule has 1 aromatic rings. The van der Waals surface area contributed by atoms with Crippen LogP contribution in [0.2, 0.25) is 0 Å². The van der Waals surface area contributed by atoms with Crippen molar-refractivity contribution in [3.8, 4) is 0 Å². The minimum atomic E-state index is 0.119. The highest BCUT2D eigenvalue weighted by Crippen LogP contribution is 2.18. The molecular formula is C13H17BrN2OS. The van der Waals surface area contributed by atoms with Gasteiger partial charge in [0.2, 0.25) is 0 Å². The number of hydrogen-bond donors (Lipinski definition) is 1. The van der Waals surface area contributed by atoms with Crippen LogP contribution in [0.15, 0.2) is 28.7 Å². The Hall–Kier alpha value is -0.520. The number of carbonyl (C=O) groups excluding carboxylic acids is 1. The fourth-order valence-electron chi connectivity index (χ4n) is 2.12. The Balaban J connectivity index is 1.98. The molecule has 0 aliphatic carbocycles. The summed E-state index contributed by atoms with van der Waals surface area (Å²) in [6.45, 7) is 4.48. The van der Waals surface area contributed by atoms with Gasteiger partial charge in [-0.05, 0) is 28.1 Å². The molecule has 0 atom stereocenters. The van der Waals surface area contributed by atoms with Crippen LogP contribution in [0.3, 0.4) is 0 Å². The lowest BCUT2D eigenvalue weighted by atomic mass is 10.2. The van der Waals surface area contributed by atoms with Crippen LogP contribution in [0.1, 0.15) is 10.4 Å². The summed E-state index contributed by atoms with van der Waals surface area (Å²) in [4.78, 5) is 16.6. The van der Waals surface area contributed by atoms with Gasteiger partial charge in [-0.1, -0.05) is 12.1 Å². The van der Waals surface area contributed by atoms with Gasteiger partial charge in [0.25, 0.3) is 5.91 Å². The number of benzene rings is 1. The molecule has 0 N–H and O–H groups in total. The van der Waals surface area contributed by atoms with Crippen molar-refractivity contribution in [2.45, 2.75) is 0 Å². The second-order valence-corrected chi connectivity index (χ2v) is 5.64. The quantitative estimate of drug-likeness (QED) is 0.859. The van der Waals surface area contributed by atoms with Crippen LogP contribution in [-0.2, 0) is 0 Å². The van der Waals surface area contributed by atoms with E-state index in [9.17, 15) is 4.79 Å². The van der Waals surface area contributed by atoms with E-state index in [-0.39, 0.29) is 5.91 Å². The van der Waals surface area contributed by atoms with E-state index in [4.69, 9.17) is 0 Å². The molecule has 0 saturated carbocycles. The average molecular weight is 329 g/mol. The van der Waals surface area contributed by atoms with Crippen LogP contribution in [0, 0.1) is 0 Å². The molecule has 1 aromatic carbocycles. The van der Waals surface area contributed by atoms with E-state index in [0.29, 0.717) is 0 Å². The van der Waals surface area contributed by atoms with Gasteiger partial charge in [-0.2, -0.15) is 12.6 Å². The van der Waals surface area contributed by atoms with E-state index in [2.05, 4.69) is 33.5 Å². The van der Waals surface area contributed by atoms with Gasteiger partial charge in [-0.25, -0.2) is 0 Å². The van der Waals surface area contributed by atoms with Crippen molar-refractivity contribution in [2.75, 3.05) is 38.5 Å². The molecule has 1 aliphatic heterocycles. The minimum absolute atomic E-state index is 0.119. The Morgan fingerprint density at radius 1 is 1.22 bits per heavy atom. The normalized spacial score (nSPS) is 16.9. The molecule has 0 aromatic heterocycles. The summed E-state index contributed by atoms with van der Waals surface area (Å²) < 4.78 is 0.868. The smallest absolute Gasteiger partial charge is 0.255 e. The SMILES string of the molecule is O=C(c1ccccc1Br)N1CCN(CCS)CC1. The zero-order valence-corrected chi connectivity index (χ0v) is 12.7. The van der Waals surface area contributed by atoms with Gasteiger partial charge in [0.1, 0.15) is 0 Å². The number of piperazine rings is 1. The third-order valence-corrected chi connectivity index (χ3v) is 4.07. The maximum Gasteiger partial charge on any atom is 0.255 e. The Labute approximate surface area is 122 Å². The van der Waals surface area contributed by atoms with Gasteiger partial charge in [0, 0.05) is 42.9 Å². The van der Waals surface area contributed by atoms with E-state index >= 15 is 0 Å². The van der Waals surface area contributed by atoms with E-state index in [1.54, 1.807) is 0 Å². The van der Waals surface area contributed by atoms with Crippen LogP contribution in [0.25, 0.3) is 0 Å². The molecule has 0 bridgehead atoms. The summed E-state index contributed by atoms with van der Waals surface area (Å²) in [6, 6.07) is 7.59. The van der Waals surface area contributed by atoms with E-state index in [0.717, 1.165) is 48.5 Å². The van der Waals surface area contributed by atoms with E-state index < -0.39 is 0 Å². The number of thiol groups is 1. The molecule has 1 aliphatic rings. The Kier molecular flexibility index (Phi) is 5.09. The lowest BCUT2D eigenvalue weighted by molar-refractivity contribution is 0.0644. The van der Waals surface area contributed by atoms with Crippen LogP contribution in [0.5, 0.6) is 0 Å². The first-order valence-corrected chi connectivity index (χ1v) is 7.52. The summed E-state index contributed by atoms with van der Waals surface area (Å²) in [5.41, 5.74) is 0.750. The Bertz CT molecular complexity index is 419. The first-order chi connectivity index (χ1) is 8.72. The van der Waals surface area contributed by atoms with E-state index in [1.165, 1.54) is 0 Å². The van der Waals surface area contributed by atoms with Crippen LogP contribution in [0.4, 0.5) is 0 Å². The topological polar surface area (TPSA) is 23.6 Å². The Morgan fingerprint density at radius 3 is 2.50 bits per heavy atom. The molecule has 2 rings (SSSR count). The van der Waals surface area contributed by atoms with Crippen molar-refractivity contribution in [1.82, 2.24) is 9.80 Å². The summed E-state index contributed by atoms with van der Waals surface area (Å²) in [6.07, 6.45) is 0. The van der Waals surface area contributed by atoms with Gasteiger partial charge in [-0.15, -0.1) is 0 Å². The van der Waals surface area contributed by atoms with Crippen molar-refractivity contribution < 1.29 is 4.79 Å². The van der Waals surface area contributed by atoms with Crippen LogP contribution < -0.4 is 0 Å². The molecule has 1 heterocycles. The highest BCUT2D eigenvalue weighted by Gasteiger charge is 2.22. The van der Waals surface area contributed by atoms with Crippen molar-refractivity contribution in [3.05, 3.63) is 34.3 Å². The van der Waals surface area contributed by atoms with Gasteiger partial charge in [-0.3, -0.25) is 9.69 Å². The number of halogens is 1. The largest absolute Gasteiger partial charge is 0.336 e. The molecular weight excluding hydrogens is 312 g/mol. The van der Waals surface area contributed by atoms with Crippen LogP contribution >= 0.6 is 28.6 Å². The third kappa shape index (κ3) is 3.28. The number of rotatable bonds is 3. The van der Waals surface area contributed by atoms with Gasteiger partial charge in [0.15, 0.2) is 0 Å². The number of amides is 1. The zero-order valence-electron chi connectivity index (χ0n) is 10.2. The van der Waals surface area contributed by atoms with Gasteiger partial charge >= 0.3 is 0 Å². The monoisotopic (exact) mass is 328 g/mol. The predicted molar refractivity (Wildman–Crippen MR) is 80.3 cm³/mol. The highest BCUT2D eigenvalue weighted by atomic mass is 79.9. The molecule has 0 radical (unpaired) electrons. The molecule has 1 amide bonds. The molecule has 0 unspecified atom stereocenters. The molecule has 5 heteroatoms. The summed E-state index contributed by atoms with van der Waals surface area (Å²) >= 11 is 7.67. The molecule has 0 spiro atoms. The van der Waals surface area contributed by atoms with E-state index in [1.807, 2.05) is 29.2 Å². The second kappa shape index (κ2) is 6.59. The standard InChI is InChI=1S/C13H17BrN2OS/c14-12-4-2-1-3-11(12)13(17)16-7-5-15(6-8-16)9-10-18/h1-4,18H,5-10H2. The lowest BCUT2D eigenvalue weighted by Gasteiger charge is -2.34. The first kappa shape index (κ1) is 13.9. The van der Waals surface area contributed by atoms with Gasteiger partial charge < -0.3 is 4.90 Å². The van der Waals surface area contributed by atoms with Crippen molar-refractivity contribution in [1.29, 1.82) is 0 Å². The number of hydrogen-bond acceptors (Lipinski definition) is 3. The number of nitrogens with zero attached hydrogens (tertiary/aromatic N) is 2. The predicted octanol–water partition coefficient (Wildman–Crippen LogP) is 2.14. The molecule has 98 valence electrons. The fourth-order valence-corrected chi connectivity index (χ4v) is 2.86. The number of carbonyl (C=O) groups is 1. The maximum atomic E-state index is 12.3. The average Bonchev–Trinajstić information content (AvgIpc) is 2.40. The van der Waals surface area contributed by atoms with Crippen molar-refractivity contribution >= 4 is 34.5 Å². The van der Waals surface area contributed by atoms with Crippen molar-refractivity contribution in [2.24, 2.45) is 0 Å². The highest BCUT2D eigenvalue weighted by molar-refractivity contribution is 9.10. The Morgan fingerprint density at radius 2 is 1.89 bits per heavy atom. The second-order valence-electron chi connectivity index (χ2n) is 4.34. The molecule has 3 nitrogen and oxygen atoms in total. The minimum Gasteiger partial charge on any atom is -0.336 e. The molecule has 1 fully saturated rings. The fraction of sp³-hybridized carbons (Fsp3) is 0.462. The molecule has 1 saturated heterocycles. The summed E-state index contributed by atoms with van der Waals surface area (Å²) in [5, 5.41) is 0. The maximum absolute atomic E-state index is 12.3. The first-order valence-electron chi connectivity index (χ1n) is 6.09. The van der Waals surface area contributed by atoms with Crippen LogP contribution in [-0.4, -0.2) is 54.2 Å². The third-order valence-electron chi connectivity index (χ3n) is 3.18. The van der Waals surface area contributed by atoms with Crippen molar-refractivity contribution in [3.63, 3.8) is 0 Å². The summed E-state index contributed by atoms with van der Waals surface area (Å²) in [7, 11) is 0. The zero-order chi connectivity index (χ0) is 13.0.